The summed E-state index contributed by atoms with van der Waals surface area (Å²) in [5.41, 5.74) is 3.06. The minimum absolute atomic E-state index is 0.0592. The average molecular weight is 592 g/mol. The van der Waals surface area contributed by atoms with E-state index in [1.54, 1.807) is 39.7 Å². The maximum atomic E-state index is 13.8. The Labute approximate surface area is 252 Å². The fourth-order valence-corrected chi connectivity index (χ4v) is 5.57. The van der Waals surface area contributed by atoms with E-state index in [-0.39, 0.29) is 28.8 Å². The number of methoxy groups -OCH3 is 3. The van der Waals surface area contributed by atoms with Crippen LogP contribution in [0.4, 0.5) is 5.69 Å². The van der Waals surface area contributed by atoms with Crippen LogP contribution in [-0.2, 0) is 22.4 Å². The number of fused-ring (bicyclic) bond motifs is 3. The fraction of sp³-hybridized carbons (Fsp3) is 0.424. The van der Waals surface area contributed by atoms with Crippen LogP contribution in [-0.4, -0.2) is 45.7 Å². The zero-order valence-electron chi connectivity index (χ0n) is 25.7. The van der Waals surface area contributed by atoms with E-state index in [1.807, 2.05) is 38.1 Å². The van der Waals surface area contributed by atoms with E-state index >= 15 is 0 Å². The molecular formula is C33H41N3O7. The number of anilines is 1. The molecule has 3 aromatic rings. The number of hydrogen-bond donors (Lipinski definition) is 3. The molecule has 0 bridgehead atoms. The third kappa shape index (κ3) is 6.96. The second kappa shape index (κ2) is 14.1. The number of benzene rings is 1. The summed E-state index contributed by atoms with van der Waals surface area (Å²) in [5, 5.41) is 9.23. The van der Waals surface area contributed by atoms with Crippen LogP contribution in [0.1, 0.15) is 56.5 Å². The molecule has 1 aliphatic carbocycles. The molecular weight excluding hydrogens is 550 g/mol. The number of carbonyl (C=O) groups is 2. The number of amides is 2. The van der Waals surface area contributed by atoms with Gasteiger partial charge in [0.2, 0.25) is 23.0 Å². The maximum absolute atomic E-state index is 13.8. The van der Waals surface area contributed by atoms with E-state index < -0.39 is 12.1 Å². The van der Waals surface area contributed by atoms with Crippen molar-refractivity contribution in [3.63, 3.8) is 0 Å². The first-order chi connectivity index (χ1) is 20.7. The summed E-state index contributed by atoms with van der Waals surface area (Å²) in [5.74, 6) is 1.75. The van der Waals surface area contributed by atoms with Crippen molar-refractivity contribution in [2.45, 2.75) is 58.5 Å². The van der Waals surface area contributed by atoms with E-state index in [4.69, 9.17) is 18.6 Å². The predicted molar refractivity (Wildman–Crippen MR) is 165 cm³/mol. The van der Waals surface area contributed by atoms with Crippen molar-refractivity contribution in [3.05, 3.63) is 69.8 Å². The monoisotopic (exact) mass is 591 g/mol. The second-order valence-electron chi connectivity index (χ2n) is 10.7. The molecule has 2 amide bonds. The van der Waals surface area contributed by atoms with Gasteiger partial charge in [-0.1, -0.05) is 26.3 Å². The summed E-state index contributed by atoms with van der Waals surface area (Å²) in [6, 6.07) is 9.60. The van der Waals surface area contributed by atoms with Crippen LogP contribution in [0.25, 0.3) is 11.1 Å². The molecule has 0 aliphatic heterocycles. The molecule has 0 saturated carbocycles. The Morgan fingerprint density at radius 1 is 1.07 bits per heavy atom. The van der Waals surface area contributed by atoms with Crippen LogP contribution in [0, 0.1) is 5.92 Å². The van der Waals surface area contributed by atoms with E-state index in [9.17, 15) is 14.4 Å². The standard InChI is InChI=1S/C33H41N3O7/c1-7-19(2)30(33(39)34-15-14-22-9-8-16-43-22)36-26-13-11-23-24(18-27(26)38)25(35-20(3)37)12-10-21-17-28(40-4)31(41-5)32(42-6)29(21)23/h8-9,11,13,16-19,25,30H,7,10,12,14-15H2,1-6H3,(H,34,39)(H,35,37)(H,36,38)/t19-,25+,30+/m1/s1. The first-order valence-corrected chi connectivity index (χ1v) is 14.6. The van der Waals surface area contributed by atoms with Crippen LogP contribution < -0.4 is 35.6 Å². The van der Waals surface area contributed by atoms with Crippen LogP contribution >= 0.6 is 0 Å². The number of hydrogen-bond acceptors (Lipinski definition) is 8. The van der Waals surface area contributed by atoms with Gasteiger partial charge < -0.3 is 34.6 Å². The molecule has 43 heavy (non-hydrogen) atoms. The number of aryl methyl sites for hydroxylation is 1. The minimum Gasteiger partial charge on any atom is -0.493 e. The van der Waals surface area contributed by atoms with Gasteiger partial charge in [0, 0.05) is 25.5 Å². The van der Waals surface area contributed by atoms with E-state index in [1.165, 1.54) is 6.92 Å². The highest BCUT2D eigenvalue weighted by atomic mass is 16.5. The van der Waals surface area contributed by atoms with Gasteiger partial charge in [-0.05, 0) is 65.8 Å². The topological polar surface area (TPSA) is 128 Å². The Kier molecular flexibility index (Phi) is 10.3. The lowest BCUT2D eigenvalue weighted by Gasteiger charge is -2.24. The highest BCUT2D eigenvalue weighted by Crippen LogP contribution is 2.50. The molecule has 1 aliphatic rings. The quantitative estimate of drug-likeness (QED) is 0.278. The van der Waals surface area contributed by atoms with E-state index in [2.05, 4.69) is 16.0 Å². The third-order valence-electron chi connectivity index (χ3n) is 7.97. The highest BCUT2D eigenvalue weighted by Gasteiger charge is 2.30. The van der Waals surface area contributed by atoms with Gasteiger partial charge in [0.1, 0.15) is 11.8 Å². The first-order valence-electron chi connectivity index (χ1n) is 14.6. The number of nitrogens with one attached hydrogen (secondary N) is 3. The fourth-order valence-electron chi connectivity index (χ4n) is 5.57. The van der Waals surface area contributed by atoms with Crippen molar-refractivity contribution in [3.8, 4) is 28.4 Å². The summed E-state index contributed by atoms with van der Waals surface area (Å²) < 4.78 is 22.5. The first kappa shape index (κ1) is 31.5. The van der Waals surface area contributed by atoms with Gasteiger partial charge in [-0.15, -0.1) is 0 Å². The second-order valence-corrected chi connectivity index (χ2v) is 10.7. The number of rotatable bonds is 12. The lowest BCUT2D eigenvalue weighted by Crippen LogP contribution is -2.45. The Bertz CT molecular complexity index is 1500. The largest absolute Gasteiger partial charge is 0.493 e. The third-order valence-corrected chi connectivity index (χ3v) is 7.97. The summed E-state index contributed by atoms with van der Waals surface area (Å²) in [4.78, 5) is 39.3. The van der Waals surface area contributed by atoms with Crippen LogP contribution in [0.2, 0.25) is 0 Å². The summed E-state index contributed by atoms with van der Waals surface area (Å²) >= 11 is 0. The molecule has 0 radical (unpaired) electrons. The van der Waals surface area contributed by atoms with Crippen molar-refractivity contribution in [1.82, 2.24) is 10.6 Å². The Morgan fingerprint density at radius 2 is 1.84 bits per heavy atom. The van der Waals surface area contributed by atoms with Gasteiger partial charge in [0.15, 0.2) is 11.5 Å². The molecule has 0 unspecified atom stereocenters. The zero-order valence-corrected chi connectivity index (χ0v) is 25.7. The minimum atomic E-state index is -0.645. The molecule has 0 spiro atoms. The van der Waals surface area contributed by atoms with Crippen molar-refractivity contribution in [1.29, 1.82) is 0 Å². The smallest absolute Gasteiger partial charge is 0.242 e. The molecule has 230 valence electrons. The van der Waals surface area contributed by atoms with Gasteiger partial charge in [0.25, 0.3) is 0 Å². The number of carbonyl (C=O) groups excluding carboxylic acids is 2. The van der Waals surface area contributed by atoms with Crippen LogP contribution in [0.5, 0.6) is 17.2 Å². The lowest BCUT2D eigenvalue weighted by molar-refractivity contribution is -0.123. The average Bonchev–Trinajstić information content (AvgIpc) is 3.41. The maximum Gasteiger partial charge on any atom is 0.242 e. The molecule has 3 N–H and O–H groups in total. The SMILES string of the molecule is CC[C@@H](C)[C@H](Nc1ccc2c(cc1=O)[C@@H](NC(C)=O)CCc1cc(OC)c(OC)c(OC)c1-2)C(=O)NCCc1ccco1. The lowest BCUT2D eigenvalue weighted by atomic mass is 9.95. The van der Waals surface area contributed by atoms with Gasteiger partial charge in [0.05, 0.1) is 39.3 Å². The van der Waals surface area contributed by atoms with Gasteiger partial charge >= 0.3 is 0 Å². The molecule has 0 saturated heterocycles. The van der Waals surface area contributed by atoms with Crippen LogP contribution in [0.3, 0.4) is 0 Å². The molecule has 10 nitrogen and oxygen atoms in total. The number of ether oxygens (including phenoxy) is 3. The van der Waals surface area contributed by atoms with Gasteiger partial charge in [-0.2, -0.15) is 0 Å². The molecule has 3 atom stereocenters. The van der Waals surface area contributed by atoms with E-state index in [0.29, 0.717) is 48.6 Å². The Morgan fingerprint density at radius 3 is 2.47 bits per heavy atom. The molecule has 2 aromatic carbocycles. The number of furan rings is 1. The molecule has 1 aromatic heterocycles. The van der Waals surface area contributed by atoms with Crippen molar-refractivity contribution in [2.24, 2.45) is 5.92 Å². The molecule has 10 heteroatoms. The Balaban J connectivity index is 1.79. The van der Waals surface area contributed by atoms with Crippen molar-refractivity contribution >= 4 is 17.5 Å². The van der Waals surface area contributed by atoms with Crippen molar-refractivity contribution in [2.75, 3.05) is 33.2 Å². The molecule has 4 rings (SSSR count). The zero-order chi connectivity index (χ0) is 31.1. The summed E-state index contributed by atoms with van der Waals surface area (Å²) in [6.07, 6.45) is 4.04. The Hall–Kier alpha value is -4.47. The normalized spacial score (nSPS) is 15.2. The summed E-state index contributed by atoms with van der Waals surface area (Å²) in [7, 11) is 4.67. The van der Waals surface area contributed by atoms with Crippen LogP contribution in [0.15, 0.2) is 51.9 Å². The van der Waals surface area contributed by atoms with Gasteiger partial charge in [-0.3, -0.25) is 14.4 Å². The molecule has 0 fully saturated rings. The van der Waals surface area contributed by atoms with Crippen molar-refractivity contribution < 1.29 is 28.2 Å². The highest BCUT2D eigenvalue weighted by molar-refractivity contribution is 5.86. The van der Waals surface area contributed by atoms with Gasteiger partial charge in [-0.25, -0.2) is 0 Å². The predicted octanol–water partition coefficient (Wildman–Crippen LogP) is 4.64. The molecule has 1 heterocycles. The summed E-state index contributed by atoms with van der Waals surface area (Å²) in [6.45, 7) is 5.84. The van der Waals surface area contributed by atoms with E-state index in [0.717, 1.165) is 28.9 Å².